The first-order valence-electron chi connectivity index (χ1n) is 7.27. The maximum Gasteiger partial charge on any atom is 0.323 e. The molecular weight excluding hydrogens is 314 g/mol. The molecule has 1 aliphatic rings. The van der Waals surface area contributed by atoms with E-state index in [-0.39, 0.29) is 11.9 Å². The molecule has 0 unspecified atom stereocenters. The monoisotopic (exact) mass is 329 g/mol. The highest BCUT2D eigenvalue weighted by molar-refractivity contribution is 6.30. The van der Waals surface area contributed by atoms with Gasteiger partial charge in [0.1, 0.15) is 0 Å². The molecule has 0 atom stereocenters. The van der Waals surface area contributed by atoms with E-state index in [1.807, 2.05) is 18.2 Å². The number of halogens is 1. The molecule has 0 bridgehead atoms. The van der Waals surface area contributed by atoms with Gasteiger partial charge in [-0.3, -0.25) is 4.79 Å². The van der Waals surface area contributed by atoms with Crippen LogP contribution >= 0.6 is 11.6 Å². The van der Waals surface area contributed by atoms with E-state index in [0.717, 1.165) is 17.7 Å². The number of hydrogen-bond acceptors (Lipinski definition) is 2. The van der Waals surface area contributed by atoms with Crippen molar-refractivity contribution in [2.45, 2.75) is 13.3 Å². The first kappa shape index (κ1) is 15.4. The maximum atomic E-state index is 12.1. The highest BCUT2D eigenvalue weighted by atomic mass is 35.5. The van der Waals surface area contributed by atoms with Crippen LogP contribution in [0.2, 0.25) is 5.02 Å². The number of hydrogen-bond donors (Lipinski definition) is 2. The number of carbonyl (C=O) groups is 2. The standard InChI is InChI=1S/C17H16ClN3O2/c1-11(22)21-8-7-12-5-6-15(10-16(12)21)20-17(23)19-14-4-2-3-13(18)9-14/h2-6,9-10H,7-8H2,1H3,(H2,19,20,23). The SMILES string of the molecule is CC(=O)N1CCc2ccc(NC(=O)Nc3cccc(Cl)c3)cc21. The van der Waals surface area contributed by atoms with Crippen LogP contribution in [0.4, 0.5) is 21.9 Å². The number of anilines is 3. The summed E-state index contributed by atoms with van der Waals surface area (Å²) >= 11 is 5.89. The van der Waals surface area contributed by atoms with Gasteiger partial charge in [-0.2, -0.15) is 0 Å². The topological polar surface area (TPSA) is 61.4 Å². The molecule has 0 aromatic heterocycles. The van der Waals surface area contributed by atoms with E-state index in [2.05, 4.69) is 10.6 Å². The van der Waals surface area contributed by atoms with Crippen molar-refractivity contribution < 1.29 is 9.59 Å². The van der Waals surface area contributed by atoms with Crippen LogP contribution in [-0.4, -0.2) is 18.5 Å². The largest absolute Gasteiger partial charge is 0.323 e. The summed E-state index contributed by atoms with van der Waals surface area (Å²) in [4.78, 5) is 25.4. The third-order valence-corrected chi connectivity index (χ3v) is 3.94. The number of amides is 3. The number of nitrogens with one attached hydrogen (secondary N) is 2. The molecule has 0 radical (unpaired) electrons. The Morgan fingerprint density at radius 3 is 2.52 bits per heavy atom. The normalized spacial score (nSPS) is 12.7. The Bertz CT molecular complexity index is 776. The van der Waals surface area contributed by atoms with Crippen LogP contribution in [0.3, 0.4) is 0 Å². The number of rotatable bonds is 2. The van der Waals surface area contributed by atoms with Crippen molar-refractivity contribution in [3.8, 4) is 0 Å². The molecule has 23 heavy (non-hydrogen) atoms. The lowest BCUT2D eigenvalue weighted by Gasteiger charge is -2.16. The molecule has 3 rings (SSSR count). The van der Waals surface area contributed by atoms with Crippen molar-refractivity contribution in [3.05, 3.63) is 53.1 Å². The van der Waals surface area contributed by atoms with E-state index in [1.165, 1.54) is 0 Å². The van der Waals surface area contributed by atoms with Crippen LogP contribution < -0.4 is 15.5 Å². The summed E-state index contributed by atoms with van der Waals surface area (Å²) < 4.78 is 0. The second kappa shape index (κ2) is 6.30. The van der Waals surface area contributed by atoms with Gasteiger partial charge in [0.2, 0.25) is 5.91 Å². The molecule has 0 saturated carbocycles. The average molecular weight is 330 g/mol. The van der Waals surface area contributed by atoms with Gasteiger partial charge in [-0.05, 0) is 42.3 Å². The third-order valence-electron chi connectivity index (χ3n) is 3.70. The zero-order valence-electron chi connectivity index (χ0n) is 12.6. The summed E-state index contributed by atoms with van der Waals surface area (Å²) in [6.45, 7) is 2.23. The lowest BCUT2D eigenvalue weighted by Crippen LogP contribution is -2.26. The molecule has 0 spiro atoms. The number of benzene rings is 2. The fourth-order valence-electron chi connectivity index (χ4n) is 2.64. The summed E-state index contributed by atoms with van der Waals surface area (Å²) in [5.41, 5.74) is 3.22. The molecule has 2 N–H and O–H groups in total. The Hall–Kier alpha value is -2.53. The van der Waals surface area contributed by atoms with Gasteiger partial charge < -0.3 is 15.5 Å². The van der Waals surface area contributed by atoms with Crippen molar-refractivity contribution in [3.63, 3.8) is 0 Å². The number of urea groups is 1. The molecule has 118 valence electrons. The van der Waals surface area contributed by atoms with Crippen LogP contribution in [0.25, 0.3) is 0 Å². The quantitative estimate of drug-likeness (QED) is 0.878. The molecule has 6 heteroatoms. The highest BCUT2D eigenvalue weighted by Gasteiger charge is 2.22. The maximum absolute atomic E-state index is 12.1. The van der Waals surface area contributed by atoms with Crippen LogP contribution in [0.1, 0.15) is 12.5 Å². The molecule has 2 aromatic carbocycles. The lowest BCUT2D eigenvalue weighted by atomic mass is 10.1. The fourth-order valence-corrected chi connectivity index (χ4v) is 2.83. The zero-order valence-corrected chi connectivity index (χ0v) is 13.4. The van der Waals surface area contributed by atoms with Gasteiger partial charge in [-0.15, -0.1) is 0 Å². The molecule has 0 aliphatic carbocycles. The van der Waals surface area contributed by atoms with E-state index >= 15 is 0 Å². The van der Waals surface area contributed by atoms with Crippen LogP contribution in [-0.2, 0) is 11.2 Å². The zero-order chi connectivity index (χ0) is 16.4. The van der Waals surface area contributed by atoms with Gasteiger partial charge in [0.15, 0.2) is 0 Å². The molecule has 5 nitrogen and oxygen atoms in total. The fraction of sp³-hybridized carbons (Fsp3) is 0.176. The Balaban J connectivity index is 1.72. The lowest BCUT2D eigenvalue weighted by molar-refractivity contribution is -0.116. The molecule has 0 saturated heterocycles. The Labute approximate surface area is 139 Å². The van der Waals surface area contributed by atoms with Gasteiger partial charge in [0.25, 0.3) is 0 Å². The summed E-state index contributed by atoms with van der Waals surface area (Å²) in [5, 5.41) is 6.04. The number of fused-ring (bicyclic) bond motifs is 1. The van der Waals surface area contributed by atoms with Crippen LogP contribution in [0, 0.1) is 0 Å². The van der Waals surface area contributed by atoms with Crippen molar-refractivity contribution in [1.29, 1.82) is 0 Å². The van der Waals surface area contributed by atoms with E-state index in [1.54, 1.807) is 36.1 Å². The highest BCUT2D eigenvalue weighted by Crippen LogP contribution is 2.31. The minimum absolute atomic E-state index is 0.00396. The van der Waals surface area contributed by atoms with Crippen molar-refractivity contribution in [1.82, 2.24) is 0 Å². The Morgan fingerprint density at radius 2 is 1.83 bits per heavy atom. The minimum Gasteiger partial charge on any atom is -0.312 e. The van der Waals surface area contributed by atoms with E-state index in [0.29, 0.717) is 22.9 Å². The van der Waals surface area contributed by atoms with E-state index in [9.17, 15) is 9.59 Å². The first-order valence-corrected chi connectivity index (χ1v) is 7.65. The third kappa shape index (κ3) is 3.46. The summed E-state index contributed by atoms with van der Waals surface area (Å²) in [7, 11) is 0. The smallest absolute Gasteiger partial charge is 0.312 e. The second-order valence-corrected chi connectivity index (χ2v) is 5.79. The van der Waals surface area contributed by atoms with Crippen molar-refractivity contribution >= 4 is 40.6 Å². The molecular formula is C17H16ClN3O2. The Kier molecular flexibility index (Phi) is 4.21. The van der Waals surface area contributed by atoms with Gasteiger partial charge in [0, 0.05) is 35.6 Å². The summed E-state index contributed by atoms with van der Waals surface area (Å²) in [5.74, 6) is 0.00396. The predicted molar refractivity (Wildman–Crippen MR) is 92.3 cm³/mol. The molecule has 3 amide bonds. The van der Waals surface area contributed by atoms with Crippen LogP contribution in [0.15, 0.2) is 42.5 Å². The molecule has 1 heterocycles. The van der Waals surface area contributed by atoms with Crippen LogP contribution in [0.5, 0.6) is 0 Å². The first-order chi connectivity index (χ1) is 11.0. The Morgan fingerprint density at radius 1 is 1.09 bits per heavy atom. The summed E-state index contributed by atoms with van der Waals surface area (Å²) in [6.07, 6.45) is 0.837. The molecule has 2 aromatic rings. The average Bonchev–Trinajstić information content (AvgIpc) is 2.90. The number of carbonyl (C=O) groups excluding carboxylic acids is 2. The molecule has 0 fully saturated rings. The van der Waals surface area contributed by atoms with Gasteiger partial charge >= 0.3 is 6.03 Å². The van der Waals surface area contributed by atoms with Gasteiger partial charge in [0.05, 0.1) is 0 Å². The second-order valence-electron chi connectivity index (χ2n) is 5.35. The summed E-state index contributed by atoms with van der Waals surface area (Å²) in [6, 6.07) is 12.2. The van der Waals surface area contributed by atoms with Crippen molar-refractivity contribution in [2.24, 2.45) is 0 Å². The van der Waals surface area contributed by atoms with E-state index < -0.39 is 0 Å². The minimum atomic E-state index is -0.361. The number of nitrogens with zero attached hydrogens (tertiary/aromatic N) is 1. The van der Waals surface area contributed by atoms with Gasteiger partial charge in [-0.25, -0.2) is 4.79 Å². The van der Waals surface area contributed by atoms with E-state index in [4.69, 9.17) is 11.6 Å². The van der Waals surface area contributed by atoms with Crippen molar-refractivity contribution in [2.75, 3.05) is 22.1 Å². The molecule has 1 aliphatic heterocycles. The van der Waals surface area contributed by atoms with Gasteiger partial charge in [-0.1, -0.05) is 23.7 Å². The predicted octanol–water partition coefficient (Wildman–Crippen LogP) is 3.89.